The molecule has 0 heteroatoms. The molecule has 4 aliphatic carbocycles. The molecule has 114 valence electrons. The number of hydrogen-bond acceptors (Lipinski definition) is 0. The van der Waals surface area contributed by atoms with Gasteiger partial charge in [-0.1, -0.05) is 40.0 Å². The third-order valence-corrected chi connectivity index (χ3v) is 8.51. The maximum absolute atomic E-state index is 2.57. The fourth-order valence-corrected chi connectivity index (χ4v) is 7.27. The predicted molar refractivity (Wildman–Crippen MR) is 85.4 cm³/mol. The molecule has 0 bridgehead atoms. The summed E-state index contributed by atoms with van der Waals surface area (Å²) in [6.45, 7) is 7.67. The van der Waals surface area contributed by atoms with E-state index in [9.17, 15) is 0 Å². The molecule has 4 aliphatic rings. The van der Waals surface area contributed by atoms with Crippen molar-refractivity contribution in [3.05, 3.63) is 0 Å². The fraction of sp³-hybridized carbons (Fsp3) is 1.00. The van der Waals surface area contributed by atoms with E-state index in [2.05, 4.69) is 20.8 Å². The summed E-state index contributed by atoms with van der Waals surface area (Å²) < 4.78 is 0. The Morgan fingerprint density at radius 3 is 2.15 bits per heavy atom. The second-order valence-electron chi connectivity index (χ2n) is 9.50. The summed E-state index contributed by atoms with van der Waals surface area (Å²) in [6.07, 6.45) is 14.1. The topological polar surface area (TPSA) is 0 Å². The summed E-state index contributed by atoms with van der Waals surface area (Å²) in [7, 11) is 0. The molecule has 0 aromatic rings. The fourth-order valence-electron chi connectivity index (χ4n) is 7.27. The van der Waals surface area contributed by atoms with E-state index < -0.39 is 0 Å². The Morgan fingerprint density at radius 1 is 0.650 bits per heavy atom. The van der Waals surface area contributed by atoms with Crippen molar-refractivity contribution < 1.29 is 0 Å². The van der Waals surface area contributed by atoms with Crippen LogP contribution < -0.4 is 0 Å². The van der Waals surface area contributed by atoms with E-state index in [4.69, 9.17) is 0 Å². The second-order valence-corrected chi connectivity index (χ2v) is 9.50. The highest BCUT2D eigenvalue weighted by Gasteiger charge is 2.54. The van der Waals surface area contributed by atoms with Gasteiger partial charge in [-0.2, -0.15) is 0 Å². The molecule has 0 aliphatic heterocycles. The van der Waals surface area contributed by atoms with Gasteiger partial charge in [0.15, 0.2) is 0 Å². The molecule has 4 rings (SSSR count). The average molecular weight is 274 g/mol. The van der Waals surface area contributed by atoms with Crippen LogP contribution in [0.4, 0.5) is 0 Å². The smallest absolute Gasteiger partial charge is 0.0323 e. The third kappa shape index (κ3) is 1.92. The zero-order valence-corrected chi connectivity index (χ0v) is 13.9. The first-order chi connectivity index (χ1) is 9.58. The van der Waals surface area contributed by atoms with E-state index in [0.29, 0.717) is 5.41 Å². The maximum atomic E-state index is 2.57. The van der Waals surface area contributed by atoms with Crippen molar-refractivity contribution in [1.29, 1.82) is 0 Å². The lowest BCUT2D eigenvalue weighted by Gasteiger charge is -2.52. The SMILES string of the molecule is C[C@@H]1C2CCC3C4CCCCC4CCC3C2CC1(C)C. The van der Waals surface area contributed by atoms with Gasteiger partial charge in [-0.3, -0.25) is 0 Å². The Bertz CT molecular complexity index is 368. The zero-order valence-electron chi connectivity index (χ0n) is 13.9. The molecule has 0 aromatic carbocycles. The highest BCUT2D eigenvalue weighted by atomic mass is 14.6. The summed E-state index contributed by atoms with van der Waals surface area (Å²) in [6, 6.07) is 0. The van der Waals surface area contributed by atoms with Crippen molar-refractivity contribution in [3.63, 3.8) is 0 Å². The van der Waals surface area contributed by atoms with Crippen molar-refractivity contribution in [2.75, 3.05) is 0 Å². The van der Waals surface area contributed by atoms with Gasteiger partial charge >= 0.3 is 0 Å². The molecule has 6 unspecified atom stereocenters. The van der Waals surface area contributed by atoms with E-state index in [1.807, 2.05) is 0 Å². The molecule has 20 heavy (non-hydrogen) atoms. The highest BCUT2D eigenvalue weighted by molar-refractivity contribution is 5.03. The molecule has 0 N–H and O–H groups in total. The van der Waals surface area contributed by atoms with Crippen LogP contribution >= 0.6 is 0 Å². The molecular weight excluding hydrogens is 240 g/mol. The second kappa shape index (κ2) is 4.75. The van der Waals surface area contributed by atoms with Crippen LogP contribution in [0, 0.1) is 46.8 Å². The molecule has 0 nitrogen and oxygen atoms in total. The van der Waals surface area contributed by atoms with Gasteiger partial charge in [0.25, 0.3) is 0 Å². The minimum Gasteiger partial charge on any atom is -0.0617 e. The van der Waals surface area contributed by atoms with E-state index >= 15 is 0 Å². The van der Waals surface area contributed by atoms with Gasteiger partial charge in [0, 0.05) is 0 Å². The molecule has 0 spiro atoms. The van der Waals surface area contributed by atoms with Crippen LogP contribution in [0.15, 0.2) is 0 Å². The van der Waals surface area contributed by atoms with E-state index in [0.717, 1.165) is 41.4 Å². The monoisotopic (exact) mass is 274 g/mol. The van der Waals surface area contributed by atoms with Crippen LogP contribution in [0.1, 0.15) is 78.6 Å². The molecule has 7 atom stereocenters. The lowest BCUT2D eigenvalue weighted by atomic mass is 9.53. The molecule has 4 fully saturated rings. The average Bonchev–Trinajstić information content (AvgIpc) is 2.69. The molecule has 0 aromatic heterocycles. The summed E-state index contributed by atoms with van der Waals surface area (Å²) in [5.74, 6) is 7.68. The van der Waals surface area contributed by atoms with Gasteiger partial charge in [0.05, 0.1) is 0 Å². The Morgan fingerprint density at radius 2 is 1.30 bits per heavy atom. The minimum atomic E-state index is 0.619. The molecule has 0 amide bonds. The largest absolute Gasteiger partial charge is 0.0617 e. The Hall–Kier alpha value is 0. The first kappa shape index (κ1) is 13.6. The number of hydrogen-bond donors (Lipinski definition) is 0. The van der Waals surface area contributed by atoms with Crippen LogP contribution in [0.3, 0.4) is 0 Å². The van der Waals surface area contributed by atoms with Gasteiger partial charge < -0.3 is 0 Å². The number of fused-ring (bicyclic) bond motifs is 5. The molecule has 0 heterocycles. The van der Waals surface area contributed by atoms with Crippen molar-refractivity contribution in [2.45, 2.75) is 78.6 Å². The van der Waals surface area contributed by atoms with Crippen LogP contribution in [0.2, 0.25) is 0 Å². The molecule has 0 radical (unpaired) electrons. The predicted octanol–water partition coefficient (Wildman–Crippen LogP) is 5.91. The van der Waals surface area contributed by atoms with Crippen LogP contribution in [0.25, 0.3) is 0 Å². The Balaban J connectivity index is 1.57. The van der Waals surface area contributed by atoms with Crippen LogP contribution in [0.5, 0.6) is 0 Å². The molecule has 4 saturated carbocycles. The van der Waals surface area contributed by atoms with Gasteiger partial charge in [-0.25, -0.2) is 0 Å². The Labute approximate surface area is 126 Å². The Kier molecular flexibility index (Phi) is 3.24. The van der Waals surface area contributed by atoms with Gasteiger partial charge in [-0.15, -0.1) is 0 Å². The maximum Gasteiger partial charge on any atom is -0.0323 e. The summed E-state index contributed by atoms with van der Waals surface area (Å²) in [5.41, 5.74) is 0.619. The van der Waals surface area contributed by atoms with Gasteiger partial charge in [0.1, 0.15) is 0 Å². The van der Waals surface area contributed by atoms with E-state index in [1.165, 1.54) is 12.8 Å². The van der Waals surface area contributed by atoms with E-state index in [1.54, 1.807) is 44.9 Å². The first-order valence-corrected chi connectivity index (χ1v) is 9.58. The van der Waals surface area contributed by atoms with Crippen LogP contribution in [-0.4, -0.2) is 0 Å². The summed E-state index contributed by atoms with van der Waals surface area (Å²) in [5, 5.41) is 0. The lowest BCUT2D eigenvalue weighted by Crippen LogP contribution is -2.43. The lowest BCUT2D eigenvalue weighted by molar-refractivity contribution is -0.0234. The zero-order chi connectivity index (χ0) is 13.9. The molecule has 0 saturated heterocycles. The summed E-state index contributed by atoms with van der Waals surface area (Å²) >= 11 is 0. The minimum absolute atomic E-state index is 0.619. The van der Waals surface area contributed by atoms with Gasteiger partial charge in [0.2, 0.25) is 0 Å². The van der Waals surface area contributed by atoms with Crippen LogP contribution in [-0.2, 0) is 0 Å². The van der Waals surface area contributed by atoms with Gasteiger partial charge in [-0.05, 0) is 85.4 Å². The quantitative estimate of drug-likeness (QED) is 0.515. The van der Waals surface area contributed by atoms with Crippen molar-refractivity contribution >= 4 is 0 Å². The number of rotatable bonds is 0. The third-order valence-electron chi connectivity index (χ3n) is 8.51. The standard InChI is InChI=1S/C20H34/c1-13-15-10-11-17-16-7-5-4-6-14(16)8-9-18(17)19(15)12-20(13,2)3/h13-19H,4-12H2,1-3H3/t13-,14?,15?,16?,17?,18?,19?/m1/s1. The molecular formula is C20H34. The highest BCUT2D eigenvalue weighted by Crippen LogP contribution is 2.62. The van der Waals surface area contributed by atoms with Crippen molar-refractivity contribution in [1.82, 2.24) is 0 Å². The normalized spacial score (nSPS) is 53.9. The summed E-state index contributed by atoms with van der Waals surface area (Å²) in [4.78, 5) is 0. The van der Waals surface area contributed by atoms with Crippen molar-refractivity contribution in [3.8, 4) is 0 Å². The van der Waals surface area contributed by atoms with E-state index in [-0.39, 0.29) is 0 Å². The van der Waals surface area contributed by atoms with Crippen molar-refractivity contribution in [2.24, 2.45) is 46.8 Å². The first-order valence-electron chi connectivity index (χ1n) is 9.58.